The molecule has 44 heteroatoms. The third-order valence-electron chi connectivity index (χ3n) is 7.97. The second-order valence-corrected chi connectivity index (χ2v) is 14.1. The van der Waals surface area contributed by atoms with Gasteiger partial charge in [-0.1, -0.05) is 0 Å². The maximum Gasteiger partial charge on any atom is 1.00 e. The molecule has 0 aliphatic heterocycles. The Kier molecular flexibility index (Phi) is 19.0. The molecule has 0 aliphatic carbocycles. The molecule has 0 bridgehead atoms. The Morgan fingerprint density at radius 3 is 0.838 bits per heavy atom. The van der Waals surface area contributed by atoms with Crippen molar-refractivity contribution >= 4 is 22.1 Å². The van der Waals surface area contributed by atoms with Gasteiger partial charge in [-0.15, -0.1) is 0 Å². The van der Waals surface area contributed by atoms with Crippen LogP contribution < -0.4 is 34.8 Å². The maximum atomic E-state index is 14.0. The van der Waals surface area contributed by atoms with Gasteiger partial charge in [0, 0.05) is 0 Å². The summed E-state index contributed by atoms with van der Waals surface area (Å²) in [6.07, 6.45) is -26.3. The quantitative estimate of drug-likeness (QED) is 0.0388. The molecule has 1 atom stereocenters. The summed E-state index contributed by atoms with van der Waals surface area (Å²) < 4.78 is 486. The molecular weight excluding hydrogens is 1120 g/mol. The van der Waals surface area contributed by atoms with Crippen LogP contribution in [0.4, 0.5) is 149 Å². The fourth-order valence-electron chi connectivity index (χ4n) is 3.93. The third kappa shape index (κ3) is 10.4. The summed E-state index contributed by atoms with van der Waals surface area (Å²) in [6.45, 7) is -5.97. The van der Waals surface area contributed by atoms with Crippen molar-refractivity contribution in [3.8, 4) is 0 Å². The first-order valence-corrected chi connectivity index (χ1v) is 16.5. The summed E-state index contributed by atoms with van der Waals surface area (Å²) in [7, 11) is -6.59. The van der Waals surface area contributed by atoms with Crippen LogP contribution in [0.1, 0.15) is 19.3 Å². The van der Waals surface area contributed by atoms with Crippen LogP contribution in [0.5, 0.6) is 0 Å². The normalized spacial score (nSPS) is 16.3. The van der Waals surface area contributed by atoms with E-state index in [0.29, 0.717) is 0 Å². The largest absolute Gasteiger partial charge is 1.00 e. The molecule has 0 heterocycles. The molecule has 0 aliphatic rings. The van der Waals surface area contributed by atoms with Gasteiger partial charge in [0.25, 0.3) is 10.1 Å². The van der Waals surface area contributed by atoms with Crippen LogP contribution in [0, 0.1) is 0 Å². The molecule has 0 aromatic rings. The zero-order valence-corrected chi connectivity index (χ0v) is 33.5. The standard InChI is InChI=1S/C24H12F34O8S.Na/c25-9(26,11(29,30)13(33,34)15(37,38)17(41,42)19(45,46)21(49,50)23(53,54)55)1-3-64-7(59)5-6(67(62,63)66-61)8(60)65-4-2-10(27,28)12(31,32)14(35,36)16(39,40)18(43,44)20(47,48)22(51,52)24(56,57)58;/h6,61H,1-5H2;/q;+1/p-1. The summed E-state index contributed by atoms with van der Waals surface area (Å²) in [5.41, 5.74) is 0. The number of ether oxygens (including phenoxy) is 2. The SMILES string of the molecule is O=C(CC(C(=O)OCCC(F)(F)C(F)(F)C(F)(F)C(F)(F)C(F)(F)C(F)(F)C(F)(F)C(F)(F)F)S(=O)(=O)O[O-])OCCC(F)(F)C(F)(F)C(F)(F)C(F)(F)C(F)(F)C(F)(F)C(F)(F)C(F)(F)F.[Na+]. The third-order valence-corrected chi connectivity index (χ3v) is 9.22. The molecule has 400 valence electrons. The molecule has 0 spiro atoms. The first-order valence-electron chi connectivity index (χ1n) is 15.0. The molecule has 0 aromatic carbocycles. The van der Waals surface area contributed by atoms with E-state index in [4.69, 9.17) is 0 Å². The van der Waals surface area contributed by atoms with Gasteiger partial charge in [0.05, 0.1) is 32.5 Å². The molecule has 8 nitrogen and oxygen atoms in total. The first kappa shape index (κ1) is 67.5. The van der Waals surface area contributed by atoms with E-state index in [0.717, 1.165) is 0 Å². The van der Waals surface area contributed by atoms with E-state index >= 15 is 0 Å². The van der Waals surface area contributed by atoms with Gasteiger partial charge in [-0.25, -0.2) is 0 Å². The molecule has 0 saturated heterocycles. The Morgan fingerprint density at radius 2 is 0.603 bits per heavy atom. The van der Waals surface area contributed by atoms with E-state index in [1.165, 1.54) is 0 Å². The minimum absolute atomic E-state index is 0. The van der Waals surface area contributed by atoms with Gasteiger partial charge in [0.2, 0.25) is 0 Å². The molecular formula is C24H11F34NaO8S. The number of rotatable bonds is 23. The second-order valence-electron chi connectivity index (χ2n) is 12.4. The Balaban J connectivity index is 0. The van der Waals surface area contributed by atoms with Crippen molar-refractivity contribution in [2.75, 3.05) is 13.2 Å². The molecule has 0 N–H and O–H groups in total. The van der Waals surface area contributed by atoms with Crippen molar-refractivity contribution in [1.29, 1.82) is 0 Å². The molecule has 0 aromatic heterocycles. The average molecular weight is 1130 g/mol. The minimum Gasteiger partial charge on any atom is -0.707 e. The monoisotopic (exact) mass is 1130 g/mol. The van der Waals surface area contributed by atoms with Gasteiger partial charge >= 0.3 is 137 Å². The Hall–Kier alpha value is -2.57. The van der Waals surface area contributed by atoms with E-state index in [1.54, 1.807) is 0 Å². The molecule has 1 unspecified atom stereocenters. The number of hydrogen-bond donors (Lipinski definition) is 0. The van der Waals surface area contributed by atoms with Crippen molar-refractivity contribution < 1.29 is 216 Å². The fourth-order valence-corrected chi connectivity index (χ4v) is 4.67. The van der Waals surface area contributed by atoms with Gasteiger partial charge in [0.15, 0.2) is 5.25 Å². The van der Waals surface area contributed by atoms with Crippen LogP contribution in [0.2, 0.25) is 0 Å². The molecule has 0 fully saturated rings. The van der Waals surface area contributed by atoms with E-state index in [-0.39, 0.29) is 29.6 Å². The van der Waals surface area contributed by atoms with E-state index in [2.05, 4.69) is 13.8 Å². The zero-order chi connectivity index (χ0) is 54.9. The number of halogens is 34. The predicted molar refractivity (Wildman–Crippen MR) is 131 cm³/mol. The van der Waals surface area contributed by atoms with Gasteiger partial charge in [-0.2, -0.15) is 158 Å². The maximum absolute atomic E-state index is 14.0. The number of hydrogen-bond acceptors (Lipinski definition) is 8. The smallest absolute Gasteiger partial charge is 0.707 e. The van der Waals surface area contributed by atoms with Crippen LogP contribution in [0.15, 0.2) is 0 Å². The topological polar surface area (TPSA) is 119 Å². The van der Waals surface area contributed by atoms with Crippen molar-refractivity contribution in [2.24, 2.45) is 0 Å². The van der Waals surface area contributed by atoms with Gasteiger partial charge in [-0.05, 0) is 0 Å². The second kappa shape index (κ2) is 19.1. The van der Waals surface area contributed by atoms with E-state index in [1.807, 2.05) is 0 Å². The Bertz CT molecular complexity index is 1890. The number of carbonyl (C=O) groups excluding carboxylic acids is 2. The first-order chi connectivity index (χ1) is 28.7. The van der Waals surface area contributed by atoms with Crippen molar-refractivity contribution in [1.82, 2.24) is 0 Å². The van der Waals surface area contributed by atoms with Gasteiger partial charge in [-0.3, -0.25) is 9.59 Å². The average Bonchev–Trinajstić information content (AvgIpc) is 3.11. The van der Waals surface area contributed by atoms with Gasteiger partial charge < -0.3 is 19.1 Å². The van der Waals surface area contributed by atoms with Gasteiger partial charge in [0.1, 0.15) is 0 Å². The molecule has 0 radical (unpaired) electrons. The summed E-state index contributed by atoms with van der Waals surface area (Å²) in [4.78, 5) is 23.7. The van der Waals surface area contributed by atoms with E-state index in [9.17, 15) is 173 Å². The summed E-state index contributed by atoms with van der Waals surface area (Å²) in [6, 6.07) is 0. The number of esters is 2. The summed E-state index contributed by atoms with van der Waals surface area (Å²) in [5.74, 6) is -127. The molecule has 68 heavy (non-hydrogen) atoms. The van der Waals surface area contributed by atoms with Crippen LogP contribution in [0.25, 0.3) is 0 Å². The Morgan fingerprint density at radius 1 is 0.382 bits per heavy atom. The Labute approximate surface area is 370 Å². The van der Waals surface area contributed by atoms with Crippen LogP contribution in [-0.2, 0) is 33.5 Å². The van der Waals surface area contributed by atoms with Crippen LogP contribution in [-0.4, -0.2) is 134 Å². The van der Waals surface area contributed by atoms with Crippen molar-refractivity contribution in [2.45, 2.75) is 120 Å². The molecule has 0 amide bonds. The van der Waals surface area contributed by atoms with Crippen LogP contribution >= 0.6 is 0 Å². The predicted octanol–water partition coefficient (Wildman–Crippen LogP) is 6.26. The fraction of sp³-hybridized carbons (Fsp3) is 0.917. The molecule has 0 saturated carbocycles. The zero-order valence-electron chi connectivity index (χ0n) is 30.6. The van der Waals surface area contributed by atoms with Crippen molar-refractivity contribution in [3.05, 3.63) is 0 Å². The number of carbonyl (C=O) groups is 2. The van der Waals surface area contributed by atoms with Crippen LogP contribution in [0.3, 0.4) is 0 Å². The van der Waals surface area contributed by atoms with E-state index < -0.39 is 155 Å². The number of alkyl halides is 34. The summed E-state index contributed by atoms with van der Waals surface area (Å²) in [5, 5.41) is 6.37. The summed E-state index contributed by atoms with van der Waals surface area (Å²) >= 11 is 0. The van der Waals surface area contributed by atoms with Crippen molar-refractivity contribution in [3.63, 3.8) is 0 Å². The minimum atomic E-state index is -9.12. The molecule has 0 rings (SSSR count).